The Morgan fingerprint density at radius 1 is 1.19 bits per heavy atom. The molecule has 4 N–H and O–H groups in total. The zero-order valence-electron chi connectivity index (χ0n) is 11.5. The molecule has 21 heavy (non-hydrogen) atoms. The number of nitrogens with one attached hydrogen (secondary N) is 2. The lowest BCUT2D eigenvalue weighted by atomic mass is 10.2. The summed E-state index contributed by atoms with van der Waals surface area (Å²) in [6, 6.07) is 14.5. The highest BCUT2D eigenvalue weighted by Gasteiger charge is 2.11. The predicted molar refractivity (Wildman–Crippen MR) is 83.7 cm³/mol. The van der Waals surface area contributed by atoms with Gasteiger partial charge in [0.25, 0.3) is 5.91 Å². The first-order chi connectivity index (χ1) is 10.2. The van der Waals surface area contributed by atoms with Crippen LogP contribution in [0.5, 0.6) is 5.75 Å². The Balaban J connectivity index is 1.84. The Bertz CT molecular complexity index is 791. The molecule has 0 radical (unpaired) electrons. The third-order valence-electron chi connectivity index (χ3n) is 3.28. The van der Waals surface area contributed by atoms with Gasteiger partial charge in [0.15, 0.2) is 0 Å². The molecule has 106 valence electrons. The van der Waals surface area contributed by atoms with Gasteiger partial charge in [0, 0.05) is 11.1 Å². The number of hydrogen-bond acceptors (Lipinski definition) is 3. The summed E-state index contributed by atoms with van der Waals surface area (Å²) < 4.78 is 5.08. The van der Waals surface area contributed by atoms with Crippen molar-refractivity contribution < 1.29 is 9.53 Å². The summed E-state index contributed by atoms with van der Waals surface area (Å²) in [5, 5.41) is 3.74. The number of carbonyl (C=O) groups is 1. The number of aromatic amines is 1. The fourth-order valence-electron chi connectivity index (χ4n) is 2.17. The number of carbonyl (C=O) groups excluding carboxylic acids is 1. The van der Waals surface area contributed by atoms with Gasteiger partial charge in [-0.15, -0.1) is 0 Å². The molecule has 0 fully saturated rings. The Labute approximate surface area is 121 Å². The number of ether oxygens (including phenoxy) is 1. The molecule has 0 aliphatic rings. The second-order valence-electron chi connectivity index (χ2n) is 4.68. The Morgan fingerprint density at radius 3 is 2.62 bits per heavy atom. The van der Waals surface area contributed by atoms with Gasteiger partial charge in [-0.25, -0.2) is 0 Å². The van der Waals surface area contributed by atoms with E-state index in [0.717, 1.165) is 16.7 Å². The number of fused-ring (bicyclic) bond motifs is 1. The molecule has 3 aromatic rings. The summed E-state index contributed by atoms with van der Waals surface area (Å²) in [6.07, 6.45) is 0. The van der Waals surface area contributed by atoms with Crippen LogP contribution in [0, 0.1) is 0 Å². The van der Waals surface area contributed by atoms with Crippen LogP contribution in [0.25, 0.3) is 10.9 Å². The minimum atomic E-state index is -0.212. The van der Waals surface area contributed by atoms with Gasteiger partial charge in [-0.3, -0.25) is 4.79 Å². The van der Waals surface area contributed by atoms with Crippen molar-refractivity contribution in [1.82, 2.24) is 4.98 Å². The van der Waals surface area contributed by atoms with Crippen LogP contribution < -0.4 is 15.8 Å². The first kappa shape index (κ1) is 13.1. The number of rotatable bonds is 3. The first-order valence-corrected chi connectivity index (χ1v) is 6.50. The molecule has 0 saturated carbocycles. The molecule has 0 saturated heterocycles. The number of nitrogens with two attached hydrogens (primary N) is 1. The average Bonchev–Trinajstić information content (AvgIpc) is 2.94. The highest BCUT2D eigenvalue weighted by Crippen LogP contribution is 2.22. The van der Waals surface area contributed by atoms with Crippen LogP contribution in [0.4, 0.5) is 11.4 Å². The summed E-state index contributed by atoms with van der Waals surface area (Å²) in [5.74, 6) is 0.530. The summed E-state index contributed by atoms with van der Waals surface area (Å²) in [4.78, 5) is 15.3. The van der Waals surface area contributed by atoms with Crippen molar-refractivity contribution in [3.63, 3.8) is 0 Å². The van der Waals surface area contributed by atoms with Gasteiger partial charge >= 0.3 is 0 Å². The molecule has 0 spiro atoms. The Kier molecular flexibility index (Phi) is 3.23. The van der Waals surface area contributed by atoms with E-state index in [1.54, 1.807) is 43.5 Å². The fraction of sp³-hybridized carbons (Fsp3) is 0.0625. The van der Waals surface area contributed by atoms with Crippen molar-refractivity contribution in [1.29, 1.82) is 0 Å². The van der Waals surface area contributed by atoms with Crippen LogP contribution in [-0.4, -0.2) is 18.0 Å². The highest BCUT2D eigenvalue weighted by atomic mass is 16.5. The minimum Gasteiger partial charge on any atom is -0.497 e. The number of methoxy groups -OCH3 is 1. The SMILES string of the molecule is COc1ccc(NC(=O)c2cc3cccc(N)c3[nH]2)cc1. The van der Waals surface area contributed by atoms with E-state index in [0.29, 0.717) is 17.1 Å². The number of benzene rings is 2. The lowest BCUT2D eigenvalue weighted by Gasteiger charge is -2.05. The van der Waals surface area contributed by atoms with E-state index in [-0.39, 0.29) is 5.91 Å². The molecule has 0 bridgehead atoms. The van der Waals surface area contributed by atoms with E-state index in [1.165, 1.54) is 0 Å². The summed E-state index contributed by atoms with van der Waals surface area (Å²) >= 11 is 0. The summed E-state index contributed by atoms with van der Waals surface area (Å²) in [7, 11) is 1.60. The molecule has 5 nitrogen and oxygen atoms in total. The van der Waals surface area contributed by atoms with Crippen molar-refractivity contribution in [2.24, 2.45) is 0 Å². The Hall–Kier alpha value is -2.95. The number of hydrogen-bond donors (Lipinski definition) is 3. The summed E-state index contributed by atoms with van der Waals surface area (Å²) in [6.45, 7) is 0. The molecule has 1 heterocycles. The maximum absolute atomic E-state index is 12.2. The predicted octanol–water partition coefficient (Wildman–Crippen LogP) is 3.01. The van der Waals surface area contributed by atoms with Gasteiger partial charge in [0.1, 0.15) is 11.4 Å². The van der Waals surface area contributed by atoms with Gasteiger partial charge in [0.05, 0.1) is 18.3 Å². The number of nitrogen functional groups attached to an aromatic ring is 1. The summed E-state index contributed by atoms with van der Waals surface area (Å²) in [5.41, 5.74) is 8.45. The zero-order valence-corrected chi connectivity index (χ0v) is 11.5. The second kappa shape index (κ2) is 5.20. The van der Waals surface area contributed by atoms with E-state index in [1.807, 2.05) is 12.1 Å². The third-order valence-corrected chi connectivity index (χ3v) is 3.28. The standard InChI is InChI=1S/C16H15N3O2/c1-21-12-7-5-11(6-8-12)18-16(20)14-9-10-3-2-4-13(17)15(10)19-14/h2-9,19H,17H2,1H3,(H,18,20). The van der Waals surface area contributed by atoms with E-state index < -0.39 is 0 Å². The van der Waals surface area contributed by atoms with Crippen molar-refractivity contribution in [3.05, 3.63) is 54.2 Å². The molecular formula is C16H15N3O2. The highest BCUT2D eigenvalue weighted by molar-refractivity contribution is 6.07. The number of H-pyrrole nitrogens is 1. The second-order valence-corrected chi connectivity index (χ2v) is 4.68. The molecule has 1 amide bonds. The molecule has 3 rings (SSSR count). The topological polar surface area (TPSA) is 80.1 Å². The molecule has 2 aromatic carbocycles. The van der Waals surface area contributed by atoms with Gasteiger partial charge in [-0.1, -0.05) is 12.1 Å². The lowest BCUT2D eigenvalue weighted by molar-refractivity contribution is 0.102. The van der Waals surface area contributed by atoms with Crippen molar-refractivity contribution in [2.75, 3.05) is 18.2 Å². The zero-order chi connectivity index (χ0) is 14.8. The Morgan fingerprint density at radius 2 is 1.95 bits per heavy atom. The molecule has 0 aliphatic heterocycles. The van der Waals surface area contributed by atoms with Crippen LogP contribution in [0.2, 0.25) is 0 Å². The van der Waals surface area contributed by atoms with E-state index >= 15 is 0 Å². The van der Waals surface area contributed by atoms with Crippen molar-refractivity contribution in [2.45, 2.75) is 0 Å². The number of anilines is 2. The van der Waals surface area contributed by atoms with E-state index in [9.17, 15) is 4.79 Å². The lowest BCUT2D eigenvalue weighted by Crippen LogP contribution is -2.12. The van der Waals surface area contributed by atoms with Gasteiger partial charge in [-0.05, 0) is 36.4 Å². The van der Waals surface area contributed by atoms with Crippen LogP contribution in [-0.2, 0) is 0 Å². The van der Waals surface area contributed by atoms with E-state index in [2.05, 4.69) is 10.3 Å². The number of para-hydroxylation sites is 1. The first-order valence-electron chi connectivity index (χ1n) is 6.50. The molecule has 5 heteroatoms. The molecule has 0 atom stereocenters. The third kappa shape index (κ3) is 2.53. The van der Waals surface area contributed by atoms with Gasteiger partial charge in [0.2, 0.25) is 0 Å². The number of aromatic nitrogens is 1. The van der Waals surface area contributed by atoms with E-state index in [4.69, 9.17) is 10.5 Å². The maximum atomic E-state index is 12.2. The van der Waals surface area contributed by atoms with Crippen LogP contribution in [0.1, 0.15) is 10.5 Å². The molecular weight excluding hydrogens is 266 g/mol. The largest absolute Gasteiger partial charge is 0.497 e. The quantitative estimate of drug-likeness (QED) is 0.645. The molecule has 1 aromatic heterocycles. The minimum absolute atomic E-state index is 0.212. The van der Waals surface area contributed by atoms with Gasteiger partial charge in [-0.2, -0.15) is 0 Å². The maximum Gasteiger partial charge on any atom is 0.272 e. The van der Waals surface area contributed by atoms with Crippen LogP contribution >= 0.6 is 0 Å². The normalized spacial score (nSPS) is 10.5. The number of amides is 1. The van der Waals surface area contributed by atoms with Crippen molar-refractivity contribution >= 4 is 28.2 Å². The molecule has 0 unspecified atom stereocenters. The van der Waals surface area contributed by atoms with Crippen LogP contribution in [0.3, 0.4) is 0 Å². The van der Waals surface area contributed by atoms with Gasteiger partial charge < -0.3 is 20.8 Å². The molecule has 0 aliphatic carbocycles. The van der Waals surface area contributed by atoms with Crippen molar-refractivity contribution in [3.8, 4) is 5.75 Å². The smallest absolute Gasteiger partial charge is 0.272 e. The fourth-order valence-corrected chi connectivity index (χ4v) is 2.17. The monoisotopic (exact) mass is 281 g/mol. The van der Waals surface area contributed by atoms with Crippen LogP contribution in [0.15, 0.2) is 48.5 Å². The average molecular weight is 281 g/mol.